The van der Waals surface area contributed by atoms with Crippen molar-refractivity contribution in [3.05, 3.63) is 28.2 Å². The molecule has 0 radical (unpaired) electrons. The van der Waals surface area contributed by atoms with Crippen LogP contribution in [0.25, 0.3) is 0 Å². The normalized spacial score (nSPS) is 19.2. The summed E-state index contributed by atoms with van der Waals surface area (Å²) in [4.78, 5) is 14.8. The number of hydrogen-bond acceptors (Lipinski definition) is 3. The minimum atomic E-state index is -0.0113. The van der Waals surface area contributed by atoms with Crippen molar-refractivity contribution in [1.82, 2.24) is 4.90 Å². The zero-order chi connectivity index (χ0) is 16.3. The average Bonchev–Trinajstić information content (AvgIpc) is 2.45. The number of nitrogens with two attached hydrogens (primary N) is 1. The Morgan fingerprint density at radius 2 is 2.00 bits per heavy atom. The van der Waals surface area contributed by atoms with E-state index < -0.39 is 0 Å². The van der Waals surface area contributed by atoms with E-state index in [-0.39, 0.29) is 36.5 Å². The van der Waals surface area contributed by atoms with Gasteiger partial charge in [0.2, 0.25) is 0 Å². The molecule has 0 bridgehead atoms. The number of amides is 1. The van der Waals surface area contributed by atoms with Crippen LogP contribution < -0.4 is 10.5 Å². The first-order valence-electron chi connectivity index (χ1n) is 7.92. The van der Waals surface area contributed by atoms with Gasteiger partial charge in [0.15, 0.2) is 0 Å². The molecule has 0 aliphatic carbocycles. The first-order chi connectivity index (χ1) is 10.4. The highest BCUT2D eigenvalue weighted by Gasteiger charge is 2.30. The number of halogens is 2. The maximum atomic E-state index is 12.9. The number of piperidine rings is 1. The van der Waals surface area contributed by atoms with Crippen LogP contribution in [0.1, 0.15) is 50.4 Å². The summed E-state index contributed by atoms with van der Waals surface area (Å²) in [6.45, 7) is 6.70. The van der Waals surface area contributed by atoms with Gasteiger partial charge in [0.1, 0.15) is 5.75 Å². The first kappa shape index (κ1) is 20.3. The number of rotatable bonds is 4. The van der Waals surface area contributed by atoms with Crippen LogP contribution in [-0.4, -0.2) is 35.5 Å². The number of hydrogen-bond donors (Lipinski definition) is 1. The van der Waals surface area contributed by atoms with Crippen LogP contribution in [0.5, 0.6) is 5.75 Å². The van der Waals surface area contributed by atoms with E-state index in [0.29, 0.717) is 11.3 Å². The van der Waals surface area contributed by atoms with E-state index in [1.54, 1.807) is 0 Å². The summed E-state index contributed by atoms with van der Waals surface area (Å²) in [5.41, 5.74) is 6.72. The van der Waals surface area contributed by atoms with E-state index in [0.717, 1.165) is 30.3 Å². The lowest BCUT2D eigenvalue weighted by atomic mass is 9.96. The smallest absolute Gasteiger partial charge is 0.254 e. The molecule has 1 aliphatic heterocycles. The second-order valence-electron chi connectivity index (χ2n) is 6.26. The molecule has 23 heavy (non-hydrogen) atoms. The van der Waals surface area contributed by atoms with E-state index in [2.05, 4.69) is 15.9 Å². The van der Waals surface area contributed by atoms with Gasteiger partial charge in [-0.15, -0.1) is 12.4 Å². The van der Waals surface area contributed by atoms with Gasteiger partial charge in [-0.1, -0.05) is 15.9 Å². The van der Waals surface area contributed by atoms with Gasteiger partial charge in [0, 0.05) is 28.7 Å². The Hall–Kier alpha value is -0.780. The van der Waals surface area contributed by atoms with E-state index in [1.807, 2.05) is 43.9 Å². The Kier molecular flexibility index (Phi) is 7.84. The molecule has 2 unspecified atom stereocenters. The number of carbonyl (C=O) groups excluding carboxylic acids is 1. The molecule has 0 saturated carbocycles. The van der Waals surface area contributed by atoms with Crippen LogP contribution in [0, 0.1) is 0 Å². The summed E-state index contributed by atoms with van der Waals surface area (Å²) in [5.74, 6) is 0.749. The van der Waals surface area contributed by atoms with Crippen molar-refractivity contribution in [3.8, 4) is 5.75 Å². The summed E-state index contributed by atoms with van der Waals surface area (Å²) in [7, 11) is 0. The Morgan fingerprint density at radius 1 is 1.30 bits per heavy atom. The van der Waals surface area contributed by atoms with Gasteiger partial charge < -0.3 is 15.4 Å². The van der Waals surface area contributed by atoms with Gasteiger partial charge in [-0.25, -0.2) is 0 Å². The summed E-state index contributed by atoms with van der Waals surface area (Å²) >= 11 is 3.46. The van der Waals surface area contributed by atoms with Crippen molar-refractivity contribution >= 4 is 34.2 Å². The van der Waals surface area contributed by atoms with Gasteiger partial charge in [-0.3, -0.25) is 4.79 Å². The maximum Gasteiger partial charge on any atom is 0.254 e. The topological polar surface area (TPSA) is 55.6 Å². The van der Waals surface area contributed by atoms with Gasteiger partial charge in [-0.05, 0) is 58.2 Å². The third-order valence-corrected chi connectivity index (χ3v) is 4.36. The van der Waals surface area contributed by atoms with E-state index in [1.165, 1.54) is 0 Å². The van der Waals surface area contributed by atoms with Gasteiger partial charge >= 0.3 is 0 Å². The predicted molar refractivity (Wildman–Crippen MR) is 99.5 cm³/mol. The standard InChI is InChI=1S/C17H25BrN2O2.ClH/c1-11(2)22-15-9-13(8-14(18)10-15)17(21)20-7-5-4-6-16(20)12(3)19;/h8-12,16H,4-7,19H2,1-3H3;1H. The lowest BCUT2D eigenvalue weighted by Crippen LogP contribution is -2.51. The van der Waals surface area contributed by atoms with E-state index >= 15 is 0 Å². The zero-order valence-corrected chi connectivity index (χ0v) is 16.3. The van der Waals surface area contributed by atoms with E-state index in [4.69, 9.17) is 10.5 Å². The fourth-order valence-electron chi connectivity index (χ4n) is 2.95. The molecule has 1 aliphatic rings. The number of likely N-dealkylation sites (tertiary alicyclic amines) is 1. The molecule has 2 N–H and O–H groups in total. The molecular formula is C17H26BrClN2O2. The number of benzene rings is 1. The van der Waals surface area contributed by atoms with Gasteiger partial charge in [0.25, 0.3) is 5.91 Å². The number of nitrogens with zero attached hydrogens (tertiary/aromatic N) is 1. The lowest BCUT2D eigenvalue weighted by Gasteiger charge is -2.38. The van der Waals surface area contributed by atoms with Crippen molar-refractivity contribution in [2.45, 2.75) is 58.2 Å². The highest BCUT2D eigenvalue weighted by atomic mass is 79.9. The Bertz CT molecular complexity index is 537. The first-order valence-corrected chi connectivity index (χ1v) is 8.71. The van der Waals surface area contributed by atoms with Crippen LogP contribution in [0.4, 0.5) is 0 Å². The average molecular weight is 406 g/mol. The van der Waals surface area contributed by atoms with E-state index in [9.17, 15) is 4.79 Å². The molecule has 1 aromatic carbocycles. The fourth-order valence-corrected chi connectivity index (χ4v) is 3.42. The zero-order valence-electron chi connectivity index (χ0n) is 13.9. The minimum absolute atomic E-state index is 0. The van der Waals surface area contributed by atoms with Gasteiger partial charge in [0.05, 0.1) is 6.10 Å². The van der Waals surface area contributed by atoms with Crippen molar-refractivity contribution in [1.29, 1.82) is 0 Å². The predicted octanol–water partition coefficient (Wildman–Crippen LogP) is 4.00. The third kappa shape index (κ3) is 5.37. The quantitative estimate of drug-likeness (QED) is 0.823. The molecule has 2 rings (SSSR count). The maximum absolute atomic E-state index is 12.9. The van der Waals surface area contributed by atoms with Gasteiger partial charge in [-0.2, -0.15) is 0 Å². The summed E-state index contributed by atoms with van der Waals surface area (Å²) < 4.78 is 6.57. The Morgan fingerprint density at radius 3 is 2.61 bits per heavy atom. The fraction of sp³-hybridized carbons (Fsp3) is 0.588. The second-order valence-corrected chi connectivity index (χ2v) is 7.18. The molecule has 1 heterocycles. The molecule has 1 saturated heterocycles. The molecule has 1 amide bonds. The molecule has 1 fully saturated rings. The number of ether oxygens (including phenoxy) is 1. The minimum Gasteiger partial charge on any atom is -0.491 e. The number of carbonyl (C=O) groups is 1. The Labute approximate surface area is 153 Å². The second kappa shape index (κ2) is 8.90. The van der Waals surface area contributed by atoms with Crippen LogP contribution in [0.15, 0.2) is 22.7 Å². The van der Waals surface area contributed by atoms with Crippen LogP contribution in [0.3, 0.4) is 0 Å². The molecule has 0 aromatic heterocycles. The molecule has 2 atom stereocenters. The lowest BCUT2D eigenvalue weighted by molar-refractivity contribution is 0.0583. The van der Waals surface area contributed by atoms with Crippen molar-refractivity contribution in [2.75, 3.05) is 6.54 Å². The van der Waals surface area contributed by atoms with Crippen molar-refractivity contribution in [3.63, 3.8) is 0 Å². The van der Waals surface area contributed by atoms with Crippen LogP contribution in [0.2, 0.25) is 0 Å². The molecule has 6 heteroatoms. The molecule has 1 aromatic rings. The van der Waals surface area contributed by atoms with Crippen LogP contribution in [-0.2, 0) is 0 Å². The monoisotopic (exact) mass is 404 g/mol. The summed E-state index contributed by atoms with van der Waals surface area (Å²) in [6.07, 6.45) is 3.23. The van der Waals surface area contributed by atoms with Crippen LogP contribution >= 0.6 is 28.3 Å². The Balaban J connectivity index is 0.00000264. The largest absolute Gasteiger partial charge is 0.491 e. The van der Waals surface area contributed by atoms with Crippen molar-refractivity contribution in [2.24, 2.45) is 5.73 Å². The highest BCUT2D eigenvalue weighted by molar-refractivity contribution is 9.10. The molecule has 4 nitrogen and oxygen atoms in total. The summed E-state index contributed by atoms with van der Waals surface area (Å²) in [6, 6.07) is 5.66. The summed E-state index contributed by atoms with van der Waals surface area (Å²) in [5, 5.41) is 0. The SMILES string of the molecule is CC(C)Oc1cc(Br)cc(C(=O)N2CCCCC2C(C)N)c1.Cl. The van der Waals surface area contributed by atoms with Crippen molar-refractivity contribution < 1.29 is 9.53 Å². The third-order valence-electron chi connectivity index (χ3n) is 3.91. The molecule has 130 valence electrons. The molecular weight excluding hydrogens is 380 g/mol. The molecule has 0 spiro atoms. The highest BCUT2D eigenvalue weighted by Crippen LogP contribution is 2.26.